The Hall–Kier alpha value is -2.45. The number of carbonyl (C=O) groups is 1. The second-order valence-electron chi connectivity index (χ2n) is 3.95. The molecule has 0 aliphatic rings. The standard InChI is InChI=1S/C15H12N2O2S/c1-17-15(18)12-7-3-5-9-14(12)20(19)13-8-4-2-6-11(13)10-16/h2-9H,1H3,(H,17,18)/t20-/m0/s1. The second kappa shape index (κ2) is 6.13. The molecule has 0 saturated carbocycles. The summed E-state index contributed by atoms with van der Waals surface area (Å²) in [4.78, 5) is 12.6. The molecule has 1 atom stereocenters. The van der Waals surface area contributed by atoms with E-state index in [1.807, 2.05) is 6.07 Å². The van der Waals surface area contributed by atoms with E-state index in [0.29, 0.717) is 20.9 Å². The van der Waals surface area contributed by atoms with Crippen LogP contribution in [-0.2, 0) is 10.8 Å². The second-order valence-corrected chi connectivity index (χ2v) is 5.37. The molecule has 100 valence electrons. The molecule has 0 aliphatic heterocycles. The molecule has 2 rings (SSSR count). The van der Waals surface area contributed by atoms with Gasteiger partial charge in [-0.15, -0.1) is 0 Å². The number of carbonyl (C=O) groups excluding carboxylic acids is 1. The molecule has 1 amide bonds. The molecule has 0 unspecified atom stereocenters. The number of benzene rings is 2. The van der Waals surface area contributed by atoms with Crippen molar-refractivity contribution in [1.29, 1.82) is 5.26 Å². The highest BCUT2D eigenvalue weighted by Gasteiger charge is 2.18. The molecular weight excluding hydrogens is 272 g/mol. The van der Waals surface area contributed by atoms with Crippen LogP contribution in [0.5, 0.6) is 0 Å². The summed E-state index contributed by atoms with van der Waals surface area (Å²) in [5, 5.41) is 11.6. The topological polar surface area (TPSA) is 70.0 Å². The van der Waals surface area contributed by atoms with E-state index < -0.39 is 10.8 Å². The Kier molecular flexibility index (Phi) is 4.28. The Bertz CT molecular complexity index is 720. The molecule has 0 aliphatic carbocycles. The van der Waals surface area contributed by atoms with Crippen molar-refractivity contribution in [1.82, 2.24) is 5.32 Å². The zero-order valence-corrected chi connectivity index (χ0v) is 11.6. The molecule has 2 aromatic rings. The van der Waals surface area contributed by atoms with Crippen LogP contribution in [0.1, 0.15) is 15.9 Å². The minimum Gasteiger partial charge on any atom is -0.355 e. The highest BCUT2D eigenvalue weighted by Crippen LogP contribution is 2.22. The molecule has 2 aromatic carbocycles. The van der Waals surface area contributed by atoms with Crippen LogP contribution in [0.15, 0.2) is 58.3 Å². The molecule has 4 nitrogen and oxygen atoms in total. The number of nitriles is 1. The van der Waals surface area contributed by atoms with Gasteiger partial charge in [-0.3, -0.25) is 4.79 Å². The molecule has 0 aromatic heterocycles. The summed E-state index contributed by atoms with van der Waals surface area (Å²) in [5.74, 6) is -0.302. The van der Waals surface area contributed by atoms with Gasteiger partial charge in [0.15, 0.2) is 0 Å². The Labute approximate surface area is 119 Å². The van der Waals surface area contributed by atoms with Crippen molar-refractivity contribution in [2.24, 2.45) is 0 Å². The van der Waals surface area contributed by atoms with Crippen LogP contribution < -0.4 is 5.32 Å². The molecule has 0 fully saturated rings. The van der Waals surface area contributed by atoms with Crippen LogP contribution >= 0.6 is 0 Å². The maximum Gasteiger partial charge on any atom is 0.252 e. The van der Waals surface area contributed by atoms with Gasteiger partial charge in [-0.05, 0) is 24.3 Å². The fourth-order valence-electron chi connectivity index (χ4n) is 1.79. The lowest BCUT2D eigenvalue weighted by atomic mass is 10.2. The molecule has 0 bridgehead atoms. The summed E-state index contributed by atoms with van der Waals surface area (Å²) in [5.41, 5.74) is 0.693. The molecule has 0 saturated heterocycles. The average molecular weight is 284 g/mol. The highest BCUT2D eigenvalue weighted by molar-refractivity contribution is 7.85. The highest BCUT2D eigenvalue weighted by atomic mass is 32.2. The van der Waals surface area contributed by atoms with Crippen molar-refractivity contribution in [2.75, 3.05) is 7.05 Å². The normalized spacial score (nSPS) is 11.4. The van der Waals surface area contributed by atoms with Gasteiger partial charge in [-0.25, -0.2) is 4.21 Å². The summed E-state index contributed by atoms with van der Waals surface area (Å²) in [6.07, 6.45) is 0. The van der Waals surface area contributed by atoms with E-state index in [2.05, 4.69) is 5.32 Å². The molecule has 20 heavy (non-hydrogen) atoms. The fraction of sp³-hybridized carbons (Fsp3) is 0.0667. The van der Waals surface area contributed by atoms with Gasteiger partial charge in [-0.2, -0.15) is 5.26 Å². The maximum absolute atomic E-state index is 12.6. The Morgan fingerprint density at radius 1 is 1.10 bits per heavy atom. The van der Waals surface area contributed by atoms with E-state index in [1.54, 1.807) is 48.5 Å². The largest absolute Gasteiger partial charge is 0.355 e. The molecular formula is C15H12N2O2S. The van der Waals surface area contributed by atoms with E-state index in [1.165, 1.54) is 7.05 Å². The van der Waals surface area contributed by atoms with Crippen molar-refractivity contribution in [2.45, 2.75) is 9.79 Å². The number of rotatable bonds is 3. The van der Waals surface area contributed by atoms with E-state index >= 15 is 0 Å². The first-order valence-electron chi connectivity index (χ1n) is 5.91. The van der Waals surface area contributed by atoms with Crippen LogP contribution in [-0.4, -0.2) is 17.2 Å². The predicted molar refractivity (Wildman–Crippen MR) is 75.7 cm³/mol. The number of hydrogen-bond acceptors (Lipinski definition) is 3. The maximum atomic E-state index is 12.6. The van der Waals surface area contributed by atoms with E-state index in [4.69, 9.17) is 5.26 Å². The monoisotopic (exact) mass is 284 g/mol. The van der Waals surface area contributed by atoms with Gasteiger partial charge in [0.1, 0.15) is 6.07 Å². The molecule has 5 heteroatoms. The summed E-state index contributed by atoms with van der Waals surface area (Å²) >= 11 is 0. The minimum atomic E-state index is -1.58. The van der Waals surface area contributed by atoms with Gasteiger partial charge in [0.25, 0.3) is 5.91 Å². The lowest BCUT2D eigenvalue weighted by Crippen LogP contribution is -2.19. The smallest absolute Gasteiger partial charge is 0.252 e. The fourth-order valence-corrected chi connectivity index (χ4v) is 3.10. The van der Waals surface area contributed by atoms with Crippen LogP contribution in [0.4, 0.5) is 0 Å². The summed E-state index contributed by atoms with van der Waals surface area (Å²) in [6.45, 7) is 0. The first-order valence-corrected chi connectivity index (χ1v) is 7.06. The molecule has 0 heterocycles. The van der Waals surface area contributed by atoms with Gasteiger partial charge in [-0.1, -0.05) is 24.3 Å². The van der Waals surface area contributed by atoms with Crippen molar-refractivity contribution < 1.29 is 9.00 Å². The minimum absolute atomic E-state index is 0.302. The van der Waals surface area contributed by atoms with Crippen molar-refractivity contribution >= 4 is 16.7 Å². The first kappa shape index (κ1) is 14.0. The van der Waals surface area contributed by atoms with Gasteiger partial charge >= 0.3 is 0 Å². The van der Waals surface area contributed by atoms with Crippen molar-refractivity contribution in [3.8, 4) is 6.07 Å². The molecule has 0 radical (unpaired) electrons. The number of nitrogens with zero attached hydrogens (tertiary/aromatic N) is 1. The lowest BCUT2D eigenvalue weighted by Gasteiger charge is -2.09. The van der Waals surface area contributed by atoms with E-state index in [9.17, 15) is 9.00 Å². The predicted octanol–water partition coefficient (Wildman–Crippen LogP) is 2.08. The third kappa shape index (κ3) is 2.60. The average Bonchev–Trinajstić information content (AvgIpc) is 2.53. The van der Waals surface area contributed by atoms with Crippen molar-refractivity contribution in [3.05, 3.63) is 59.7 Å². The third-order valence-electron chi connectivity index (χ3n) is 2.77. The zero-order chi connectivity index (χ0) is 14.5. The molecule has 0 spiro atoms. The van der Waals surface area contributed by atoms with E-state index in [-0.39, 0.29) is 5.91 Å². The summed E-state index contributed by atoms with van der Waals surface area (Å²) < 4.78 is 12.6. The Morgan fingerprint density at radius 2 is 1.70 bits per heavy atom. The summed E-state index contributed by atoms with van der Waals surface area (Å²) in [7, 11) is -0.0562. The Morgan fingerprint density at radius 3 is 2.35 bits per heavy atom. The lowest BCUT2D eigenvalue weighted by molar-refractivity contribution is 0.0960. The Balaban J connectivity index is 2.55. The van der Waals surface area contributed by atoms with Crippen LogP contribution in [0.3, 0.4) is 0 Å². The SMILES string of the molecule is CNC(=O)c1ccccc1[S@@](=O)c1ccccc1C#N. The zero-order valence-electron chi connectivity index (χ0n) is 10.8. The summed E-state index contributed by atoms with van der Waals surface area (Å²) in [6, 6.07) is 15.4. The van der Waals surface area contributed by atoms with Gasteiger partial charge in [0.05, 0.1) is 31.7 Å². The van der Waals surface area contributed by atoms with Gasteiger partial charge in [0.2, 0.25) is 0 Å². The van der Waals surface area contributed by atoms with Crippen LogP contribution in [0.2, 0.25) is 0 Å². The van der Waals surface area contributed by atoms with Crippen molar-refractivity contribution in [3.63, 3.8) is 0 Å². The van der Waals surface area contributed by atoms with Crippen LogP contribution in [0, 0.1) is 11.3 Å². The molecule has 1 N–H and O–H groups in total. The van der Waals surface area contributed by atoms with Gasteiger partial charge < -0.3 is 5.32 Å². The number of hydrogen-bond donors (Lipinski definition) is 1. The number of nitrogens with one attached hydrogen (secondary N) is 1. The van der Waals surface area contributed by atoms with Gasteiger partial charge in [0, 0.05) is 7.05 Å². The first-order chi connectivity index (χ1) is 9.69. The quantitative estimate of drug-likeness (QED) is 0.938. The van der Waals surface area contributed by atoms with E-state index in [0.717, 1.165) is 0 Å². The number of amides is 1. The third-order valence-corrected chi connectivity index (χ3v) is 4.28. The van der Waals surface area contributed by atoms with Crippen LogP contribution in [0.25, 0.3) is 0 Å².